The van der Waals surface area contributed by atoms with Crippen LogP contribution >= 0.6 is 0 Å². The third-order valence-corrected chi connectivity index (χ3v) is 2.47. The van der Waals surface area contributed by atoms with Crippen LogP contribution in [0.4, 0.5) is 0 Å². The van der Waals surface area contributed by atoms with Gasteiger partial charge in [-0.3, -0.25) is 0 Å². The molecule has 0 spiro atoms. The summed E-state index contributed by atoms with van der Waals surface area (Å²) < 4.78 is 5.40. The van der Waals surface area contributed by atoms with Gasteiger partial charge < -0.3 is 4.74 Å². The first-order valence-corrected chi connectivity index (χ1v) is 5.88. The molecular weight excluding hydrogens is 184 g/mol. The van der Waals surface area contributed by atoms with Gasteiger partial charge in [0, 0.05) is 6.61 Å². The van der Waals surface area contributed by atoms with E-state index in [1.165, 1.54) is 17.5 Å². The Hall–Kier alpha value is -0.820. The van der Waals surface area contributed by atoms with Crippen LogP contribution < -0.4 is 0 Å². The van der Waals surface area contributed by atoms with Gasteiger partial charge in [-0.25, -0.2) is 0 Å². The molecule has 1 heteroatoms. The van der Waals surface area contributed by atoms with Gasteiger partial charge in [-0.2, -0.15) is 0 Å². The van der Waals surface area contributed by atoms with E-state index < -0.39 is 0 Å². The first-order valence-electron chi connectivity index (χ1n) is 5.88. The lowest BCUT2D eigenvalue weighted by Crippen LogP contribution is -2.03. The van der Waals surface area contributed by atoms with Gasteiger partial charge in [0.05, 0.1) is 6.61 Å². The number of benzene rings is 1. The SMILES string of the molecule is CCOCCc1ccccc1CC(C)C. The van der Waals surface area contributed by atoms with Crippen molar-refractivity contribution in [2.75, 3.05) is 13.2 Å². The zero-order chi connectivity index (χ0) is 11.1. The van der Waals surface area contributed by atoms with Crippen molar-refractivity contribution in [3.05, 3.63) is 35.4 Å². The van der Waals surface area contributed by atoms with E-state index in [0.717, 1.165) is 25.6 Å². The maximum absolute atomic E-state index is 5.40. The molecule has 0 aliphatic carbocycles. The van der Waals surface area contributed by atoms with Gasteiger partial charge in [-0.15, -0.1) is 0 Å². The number of hydrogen-bond acceptors (Lipinski definition) is 1. The van der Waals surface area contributed by atoms with Gasteiger partial charge >= 0.3 is 0 Å². The quantitative estimate of drug-likeness (QED) is 0.648. The molecule has 84 valence electrons. The molecule has 0 saturated heterocycles. The number of rotatable bonds is 6. The molecule has 0 aliphatic heterocycles. The molecule has 0 N–H and O–H groups in total. The zero-order valence-electron chi connectivity index (χ0n) is 10.1. The normalized spacial score (nSPS) is 10.9. The fourth-order valence-corrected chi connectivity index (χ4v) is 1.77. The Morgan fingerprint density at radius 1 is 1.13 bits per heavy atom. The molecule has 0 heterocycles. The molecule has 1 rings (SSSR count). The molecule has 0 unspecified atom stereocenters. The van der Waals surface area contributed by atoms with Crippen molar-refractivity contribution >= 4 is 0 Å². The van der Waals surface area contributed by atoms with E-state index in [1.807, 2.05) is 6.92 Å². The summed E-state index contributed by atoms with van der Waals surface area (Å²) in [5, 5.41) is 0. The molecule has 0 atom stereocenters. The second kappa shape index (κ2) is 6.62. The van der Waals surface area contributed by atoms with Crippen LogP contribution in [-0.4, -0.2) is 13.2 Å². The first-order chi connectivity index (χ1) is 7.24. The minimum absolute atomic E-state index is 0.721. The maximum Gasteiger partial charge on any atom is 0.0506 e. The van der Waals surface area contributed by atoms with E-state index >= 15 is 0 Å². The zero-order valence-corrected chi connectivity index (χ0v) is 10.1. The average Bonchev–Trinajstić information content (AvgIpc) is 2.20. The van der Waals surface area contributed by atoms with Crippen LogP contribution in [-0.2, 0) is 17.6 Å². The molecule has 0 bridgehead atoms. The highest BCUT2D eigenvalue weighted by Crippen LogP contribution is 2.14. The number of hydrogen-bond donors (Lipinski definition) is 0. The van der Waals surface area contributed by atoms with E-state index in [0.29, 0.717) is 0 Å². The van der Waals surface area contributed by atoms with E-state index in [9.17, 15) is 0 Å². The van der Waals surface area contributed by atoms with Crippen LogP contribution in [0.2, 0.25) is 0 Å². The third kappa shape index (κ3) is 4.48. The average molecular weight is 206 g/mol. The van der Waals surface area contributed by atoms with E-state index in [4.69, 9.17) is 4.74 Å². The van der Waals surface area contributed by atoms with Crippen molar-refractivity contribution in [1.29, 1.82) is 0 Å². The van der Waals surface area contributed by atoms with Gasteiger partial charge in [0.15, 0.2) is 0 Å². The summed E-state index contributed by atoms with van der Waals surface area (Å²) in [5.74, 6) is 0.721. The summed E-state index contributed by atoms with van der Waals surface area (Å²) in [6.45, 7) is 8.22. The van der Waals surface area contributed by atoms with Crippen LogP contribution in [0.1, 0.15) is 31.9 Å². The first kappa shape index (κ1) is 12.3. The van der Waals surface area contributed by atoms with Crippen LogP contribution in [0.25, 0.3) is 0 Å². The fourth-order valence-electron chi connectivity index (χ4n) is 1.77. The summed E-state index contributed by atoms with van der Waals surface area (Å²) in [4.78, 5) is 0. The molecule has 0 aromatic heterocycles. The van der Waals surface area contributed by atoms with Crippen LogP contribution in [0, 0.1) is 5.92 Å². The molecule has 15 heavy (non-hydrogen) atoms. The summed E-state index contributed by atoms with van der Waals surface area (Å²) in [7, 11) is 0. The lowest BCUT2D eigenvalue weighted by molar-refractivity contribution is 0.150. The third-order valence-electron chi connectivity index (χ3n) is 2.47. The van der Waals surface area contributed by atoms with Gasteiger partial charge in [0.25, 0.3) is 0 Å². The minimum atomic E-state index is 0.721. The molecule has 0 saturated carbocycles. The molecule has 0 amide bonds. The van der Waals surface area contributed by atoms with Crippen molar-refractivity contribution in [2.45, 2.75) is 33.6 Å². The molecule has 0 radical (unpaired) electrons. The number of ether oxygens (including phenoxy) is 1. The molecule has 1 aromatic rings. The fraction of sp³-hybridized carbons (Fsp3) is 0.571. The molecule has 0 fully saturated rings. The van der Waals surface area contributed by atoms with Crippen molar-refractivity contribution < 1.29 is 4.74 Å². The molecule has 1 aromatic carbocycles. The Morgan fingerprint density at radius 3 is 2.40 bits per heavy atom. The van der Waals surface area contributed by atoms with Crippen LogP contribution in [0.3, 0.4) is 0 Å². The Kier molecular flexibility index (Phi) is 5.41. The van der Waals surface area contributed by atoms with Gasteiger partial charge in [-0.1, -0.05) is 38.1 Å². The second-order valence-electron chi connectivity index (χ2n) is 4.31. The largest absolute Gasteiger partial charge is 0.381 e. The summed E-state index contributed by atoms with van der Waals surface area (Å²) in [6.07, 6.45) is 2.21. The van der Waals surface area contributed by atoms with Crippen molar-refractivity contribution in [1.82, 2.24) is 0 Å². The highest BCUT2D eigenvalue weighted by atomic mass is 16.5. The smallest absolute Gasteiger partial charge is 0.0506 e. The predicted octanol–water partition coefficient (Wildman–Crippen LogP) is 3.46. The van der Waals surface area contributed by atoms with Gasteiger partial charge in [0.1, 0.15) is 0 Å². The Bertz CT molecular complexity index is 278. The predicted molar refractivity (Wildman–Crippen MR) is 65.2 cm³/mol. The monoisotopic (exact) mass is 206 g/mol. The van der Waals surface area contributed by atoms with Crippen molar-refractivity contribution in [2.24, 2.45) is 5.92 Å². The Balaban J connectivity index is 2.60. The van der Waals surface area contributed by atoms with Gasteiger partial charge in [0.2, 0.25) is 0 Å². The Labute approximate surface area is 93.5 Å². The summed E-state index contributed by atoms with van der Waals surface area (Å²) >= 11 is 0. The Morgan fingerprint density at radius 2 is 1.80 bits per heavy atom. The standard InChI is InChI=1S/C14H22O/c1-4-15-10-9-13-7-5-6-8-14(13)11-12(2)3/h5-8,12H,4,9-11H2,1-3H3. The minimum Gasteiger partial charge on any atom is -0.381 e. The summed E-state index contributed by atoms with van der Waals surface area (Å²) in [5.41, 5.74) is 2.92. The molecule has 1 nitrogen and oxygen atoms in total. The lowest BCUT2D eigenvalue weighted by atomic mass is 9.96. The van der Waals surface area contributed by atoms with Crippen LogP contribution in [0.15, 0.2) is 24.3 Å². The second-order valence-corrected chi connectivity index (χ2v) is 4.31. The van der Waals surface area contributed by atoms with Crippen molar-refractivity contribution in [3.8, 4) is 0 Å². The van der Waals surface area contributed by atoms with E-state index in [2.05, 4.69) is 38.1 Å². The van der Waals surface area contributed by atoms with Crippen molar-refractivity contribution in [3.63, 3.8) is 0 Å². The topological polar surface area (TPSA) is 9.23 Å². The lowest BCUT2D eigenvalue weighted by Gasteiger charge is -2.11. The van der Waals surface area contributed by atoms with Gasteiger partial charge in [-0.05, 0) is 36.8 Å². The summed E-state index contributed by atoms with van der Waals surface area (Å²) in [6, 6.07) is 8.70. The van der Waals surface area contributed by atoms with E-state index in [-0.39, 0.29) is 0 Å². The van der Waals surface area contributed by atoms with E-state index in [1.54, 1.807) is 0 Å². The highest BCUT2D eigenvalue weighted by molar-refractivity contribution is 5.27. The molecule has 0 aliphatic rings. The highest BCUT2D eigenvalue weighted by Gasteiger charge is 2.03. The van der Waals surface area contributed by atoms with Crippen LogP contribution in [0.5, 0.6) is 0 Å². The maximum atomic E-state index is 5.40. The molecular formula is C14H22O.